The van der Waals surface area contributed by atoms with Gasteiger partial charge in [-0.2, -0.15) is 4.58 Å². The first-order valence-electron chi connectivity index (χ1n) is 14.5. The maximum absolute atomic E-state index is 11.8. The van der Waals surface area contributed by atoms with Gasteiger partial charge in [0.2, 0.25) is 5.69 Å². The van der Waals surface area contributed by atoms with Crippen molar-refractivity contribution in [1.82, 2.24) is 0 Å². The van der Waals surface area contributed by atoms with Crippen molar-refractivity contribution in [2.45, 2.75) is 87.8 Å². The Morgan fingerprint density at radius 1 is 0.929 bits per heavy atom. The normalized spacial score (nSPS) is 20.0. The highest BCUT2D eigenvalue weighted by Crippen LogP contribution is 2.48. The Hall–Kier alpha value is -2.17. The highest BCUT2D eigenvalue weighted by Gasteiger charge is 2.44. The second-order valence-electron chi connectivity index (χ2n) is 11.9. The lowest BCUT2D eigenvalue weighted by Crippen LogP contribution is -2.28. The lowest BCUT2D eigenvalue weighted by atomic mass is 9.81. The summed E-state index contributed by atoms with van der Waals surface area (Å²) in [6.07, 6.45) is 12.7. The van der Waals surface area contributed by atoms with Crippen LogP contribution in [0.3, 0.4) is 0 Å². The number of unbranched alkanes of at least 4 members (excludes halogenated alkanes) is 2. The number of nitrogens with zero attached hydrogens (tertiary/aromatic N) is 2. The second-order valence-corrected chi connectivity index (χ2v) is 14.8. The minimum absolute atomic E-state index is 0.336. The molecule has 42 heavy (non-hydrogen) atoms. The van der Waals surface area contributed by atoms with Gasteiger partial charge in [0, 0.05) is 52.0 Å². The zero-order valence-corrected chi connectivity index (χ0v) is 28.5. The van der Waals surface area contributed by atoms with Crippen LogP contribution in [0.15, 0.2) is 80.7 Å². The molecule has 226 valence electrons. The van der Waals surface area contributed by atoms with Crippen molar-refractivity contribution in [1.29, 1.82) is 0 Å². The number of anilines is 1. The predicted octanol–water partition coefficient (Wildman–Crippen LogP) is 8.34. The molecule has 2 aliphatic heterocycles. The fourth-order valence-electron chi connectivity index (χ4n) is 6.01. The number of halogens is 1. The molecule has 0 aliphatic carbocycles. The SMILES string of the molecule is CCCCN1/C(=C/C=C(Br)/C=C/C2=[N+](CCCC)c3ccc(S(=O)O)cc3C2(C)C)C(C)(C)c2cc(S(=O)O)ccc21. The van der Waals surface area contributed by atoms with Gasteiger partial charge in [-0.1, -0.05) is 56.5 Å². The molecule has 2 atom stereocenters. The van der Waals surface area contributed by atoms with Gasteiger partial charge in [0.05, 0.1) is 15.2 Å². The van der Waals surface area contributed by atoms with Gasteiger partial charge >= 0.3 is 0 Å². The van der Waals surface area contributed by atoms with Crippen LogP contribution in [0, 0.1) is 0 Å². The van der Waals surface area contributed by atoms with Gasteiger partial charge in [0.25, 0.3) is 0 Å². The third kappa shape index (κ3) is 6.36. The molecule has 2 aliphatic rings. The molecule has 0 fully saturated rings. The number of hydrogen-bond donors (Lipinski definition) is 2. The average molecular weight is 675 g/mol. The van der Waals surface area contributed by atoms with Gasteiger partial charge in [0.1, 0.15) is 6.54 Å². The van der Waals surface area contributed by atoms with E-state index in [0.29, 0.717) is 9.79 Å². The Kier molecular flexibility index (Phi) is 10.3. The molecule has 2 aromatic carbocycles. The predicted molar refractivity (Wildman–Crippen MR) is 178 cm³/mol. The van der Waals surface area contributed by atoms with E-state index in [1.165, 1.54) is 0 Å². The topological polar surface area (TPSA) is 80.8 Å². The van der Waals surface area contributed by atoms with Crippen molar-refractivity contribution < 1.29 is 22.1 Å². The zero-order chi connectivity index (χ0) is 30.8. The minimum atomic E-state index is -2.03. The lowest BCUT2D eigenvalue weighted by Gasteiger charge is -2.27. The largest absolute Gasteiger partial charge is 0.344 e. The van der Waals surface area contributed by atoms with Gasteiger partial charge in [-0.25, -0.2) is 8.42 Å². The quantitative estimate of drug-likeness (QED) is 0.142. The summed E-state index contributed by atoms with van der Waals surface area (Å²) in [5.41, 5.74) is 5.91. The van der Waals surface area contributed by atoms with Gasteiger partial charge in [0.15, 0.2) is 27.9 Å². The van der Waals surface area contributed by atoms with E-state index in [1.54, 1.807) is 12.1 Å². The standard InChI is InChI=1S/C33H41BrN2O4S2/c1-7-9-19-35-28-15-13-24(41(37)38)21-26(28)32(3,4)30(35)17-11-23(34)12-18-31-33(5,6)27-22-25(42(39)40)14-16-29(27)36(31)20-10-8-2/h11-18,21-22H,7-10,19-20H2,1-6H3,(H-,37,38,39,40)/p+1. The van der Waals surface area contributed by atoms with E-state index in [-0.39, 0.29) is 10.8 Å². The molecule has 0 spiro atoms. The van der Waals surface area contributed by atoms with Gasteiger partial charge in [-0.3, -0.25) is 0 Å². The molecule has 4 rings (SSSR count). The summed E-state index contributed by atoms with van der Waals surface area (Å²) < 4.78 is 46.3. The molecule has 0 saturated heterocycles. The highest BCUT2D eigenvalue weighted by atomic mass is 79.9. The molecule has 0 saturated carbocycles. The molecule has 0 bridgehead atoms. The maximum atomic E-state index is 11.8. The summed E-state index contributed by atoms with van der Waals surface area (Å²) in [7, 11) is 0. The Morgan fingerprint density at radius 3 is 2.17 bits per heavy atom. The molecule has 2 N–H and O–H groups in total. The van der Waals surface area contributed by atoms with Crippen LogP contribution in [-0.4, -0.2) is 40.9 Å². The first-order valence-corrected chi connectivity index (χ1v) is 17.5. The Morgan fingerprint density at radius 2 is 1.55 bits per heavy atom. The van der Waals surface area contributed by atoms with Crippen LogP contribution in [0.2, 0.25) is 0 Å². The monoisotopic (exact) mass is 673 g/mol. The summed E-state index contributed by atoms with van der Waals surface area (Å²) in [6.45, 7) is 14.8. The third-order valence-electron chi connectivity index (χ3n) is 8.40. The van der Waals surface area contributed by atoms with Crippen molar-refractivity contribution in [3.8, 4) is 0 Å². The first-order chi connectivity index (χ1) is 19.8. The van der Waals surface area contributed by atoms with Crippen molar-refractivity contribution in [3.05, 3.63) is 82.0 Å². The van der Waals surface area contributed by atoms with Crippen LogP contribution in [0.25, 0.3) is 0 Å². The van der Waals surface area contributed by atoms with Crippen LogP contribution >= 0.6 is 15.9 Å². The maximum Gasteiger partial charge on any atom is 0.209 e. The fourth-order valence-corrected chi connectivity index (χ4v) is 7.08. The summed E-state index contributed by atoms with van der Waals surface area (Å²) in [5.74, 6) is 0. The molecule has 2 aromatic rings. The number of fused-ring (bicyclic) bond motifs is 2. The van der Waals surface area contributed by atoms with E-state index < -0.39 is 22.2 Å². The fraction of sp³-hybridized carbons (Fsp3) is 0.424. The van der Waals surface area contributed by atoms with Crippen LogP contribution < -0.4 is 4.90 Å². The number of hydrogen-bond acceptors (Lipinski definition) is 3. The van der Waals surface area contributed by atoms with Crippen molar-refractivity contribution in [2.75, 3.05) is 18.0 Å². The third-order valence-corrected chi connectivity index (χ3v) is 10.2. The Balaban J connectivity index is 1.71. The smallest absolute Gasteiger partial charge is 0.209 e. The molecule has 0 aromatic heterocycles. The first kappa shape index (κ1) is 32.7. The summed E-state index contributed by atoms with van der Waals surface area (Å²) in [4.78, 5) is 3.17. The van der Waals surface area contributed by atoms with Crippen LogP contribution in [-0.2, 0) is 33.0 Å². The van der Waals surface area contributed by atoms with Gasteiger partial charge in [-0.15, -0.1) is 0 Å². The average Bonchev–Trinajstić information content (AvgIpc) is 3.29. The summed E-state index contributed by atoms with van der Waals surface area (Å²) in [5, 5.41) is 0. The van der Waals surface area contributed by atoms with Crippen LogP contribution in [0.4, 0.5) is 11.4 Å². The molecule has 0 amide bonds. The van der Waals surface area contributed by atoms with E-state index in [9.17, 15) is 17.5 Å². The molecule has 9 heteroatoms. The zero-order valence-electron chi connectivity index (χ0n) is 25.3. The molecule has 0 radical (unpaired) electrons. The Bertz CT molecular complexity index is 1540. The molecular weight excluding hydrogens is 632 g/mol. The van der Waals surface area contributed by atoms with Crippen molar-refractivity contribution in [2.24, 2.45) is 0 Å². The Labute approximate surface area is 264 Å². The molecule has 6 nitrogen and oxygen atoms in total. The molecular formula is C33H42BrN2O4S2+. The lowest BCUT2D eigenvalue weighted by molar-refractivity contribution is -0.438. The van der Waals surface area contributed by atoms with Crippen molar-refractivity contribution in [3.63, 3.8) is 0 Å². The van der Waals surface area contributed by atoms with E-state index >= 15 is 0 Å². The van der Waals surface area contributed by atoms with E-state index in [1.807, 2.05) is 24.3 Å². The molecule has 2 heterocycles. The van der Waals surface area contributed by atoms with Crippen LogP contribution in [0.5, 0.6) is 0 Å². The summed E-state index contributed by atoms with van der Waals surface area (Å²) >= 11 is -0.279. The van der Waals surface area contributed by atoms with E-state index in [0.717, 1.165) is 77.2 Å². The molecule has 2 unspecified atom stereocenters. The van der Waals surface area contributed by atoms with Gasteiger partial charge < -0.3 is 14.0 Å². The van der Waals surface area contributed by atoms with Gasteiger partial charge in [-0.05, 0) is 74.4 Å². The van der Waals surface area contributed by atoms with Crippen molar-refractivity contribution >= 4 is 55.2 Å². The summed E-state index contributed by atoms with van der Waals surface area (Å²) in [6, 6.07) is 11.1. The van der Waals surface area contributed by atoms with Crippen LogP contribution in [0.1, 0.15) is 78.4 Å². The second kappa shape index (κ2) is 13.2. The minimum Gasteiger partial charge on any atom is -0.344 e. The highest BCUT2D eigenvalue weighted by molar-refractivity contribution is 9.11. The number of rotatable bonds is 11. The number of benzene rings is 2. The van der Waals surface area contributed by atoms with E-state index in [2.05, 4.69) is 91.3 Å². The van der Waals surface area contributed by atoms with E-state index in [4.69, 9.17) is 0 Å². The number of allylic oxidation sites excluding steroid dienone is 6.